The largest absolute Gasteiger partial charge is 1.00 e. The van der Waals surface area contributed by atoms with Crippen LogP contribution in [-0.2, 0) is 12.8 Å². The summed E-state index contributed by atoms with van der Waals surface area (Å²) in [6.07, 6.45) is 41.7. The molecule has 0 fully saturated rings. The predicted octanol–water partition coefficient (Wildman–Crippen LogP) is 9.76. The standard InChI is InChI=1S/C44H74O.2Na.2H/c1-3-5-7-9-11-13-15-17-19-21-23-25-27-29-35-41-37-31-33-39-43(41)45-44-40-34-32-38-42(44)36-30-28-26-24-22-20-18-16-14-12-10-8-6-4-2;;;;/h31-34,37-40H,3-30,35-36H2,1-2H3;;;;/q;2*+1;2*-1. The van der Waals surface area contributed by atoms with Crippen molar-refractivity contribution >= 4 is 0 Å². The van der Waals surface area contributed by atoms with Gasteiger partial charge in [-0.15, -0.1) is 0 Å². The summed E-state index contributed by atoms with van der Waals surface area (Å²) in [4.78, 5) is 0. The Balaban J connectivity index is -0.00000529. The van der Waals surface area contributed by atoms with Gasteiger partial charge in [0.25, 0.3) is 0 Å². The molecule has 2 aromatic rings. The zero-order chi connectivity index (χ0) is 31.9. The van der Waals surface area contributed by atoms with E-state index in [0.29, 0.717) is 0 Å². The molecule has 0 saturated carbocycles. The molecule has 0 heterocycles. The van der Waals surface area contributed by atoms with Gasteiger partial charge in [0.15, 0.2) is 0 Å². The first-order chi connectivity index (χ1) is 22.3. The third-order valence-electron chi connectivity index (χ3n) is 9.76. The number of rotatable bonds is 32. The molecule has 0 amide bonds. The molecule has 0 atom stereocenters. The molecule has 0 radical (unpaired) electrons. The molecular formula is C44H76Na2O. The number of hydrogen-bond acceptors (Lipinski definition) is 1. The van der Waals surface area contributed by atoms with Crippen molar-refractivity contribution in [2.24, 2.45) is 0 Å². The molecule has 2 rings (SSSR count). The summed E-state index contributed by atoms with van der Waals surface area (Å²) in [6.45, 7) is 4.60. The van der Waals surface area contributed by atoms with Crippen LogP contribution in [0.2, 0.25) is 0 Å². The molecule has 0 saturated heterocycles. The summed E-state index contributed by atoms with van der Waals surface area (Å²) in [5.74, 6) is 2.11. The third kappa shape index (κ3) is 26.7. The van der Waals surface area contributed by atoms with Gasteiger partial charge in [0.05, 0.1) is 0 Å². The van der Waals surface area contributed by atoms with Crippen LogP contribution in [0.5, 0.6) is 11.5 Å². The molecule has 1 nitrogen and oxygen atoms in total. The molecule has 0 aliphatic carbocycles. The number of para-hydroxylation sites is 2. The summed E-state index contributed by atoms with van der Waals surface area (Å²) >= 11 is 0. The molecule has 260 valence electrons. The summed E-state index contributed by atoms with van der Waals surface area (Å²) in [5.41, 5.74) is 2.73. The van der Waals surface area contributed by atoms with Crippen LogP contribution in [0.1, 0.15) is 208 Å². The van der Waals surface area contributed by atoms with Crippen molar-refractivity contribution in [2.75, 3.05) is 0 Å². The summed E-state index contributed by atoms with van der Waals surface area (Å²) in [5, 5.41) is 0. The van der Waals surface area contributed by atoms with Crippen molar-refractivity contribution in [3.63, 3.8) is 0 Å². The van der Waals surface area contributed by atoms with E-state index in [0.717, 1.165) is 24.3 Å². The SMILES string of the molecule is CCCCCCCCCCCCCCCCc1ccccc1Oc1ccccc1CCCCCCCCCCCCCCCC.[H-].[H-].[Na+].[Na+]. The van der Waals surface area contributed by atoms with E-state index in [-0.39, 0.29) is 62.0 Å². The number of ether oxygens (including phenoxy) is 1. The molecule has 2 aromatic carbocycles. The van der Waals surface area contributed by atoms with Crippen molar-refractivity contribution in [1.29, 1.82) is 0 Å². The van der Waals surface area contributed by atoms with E-state index in [1.165, 1.54) is 191 Å². The number of unbranched alkanes of at least 4 members (excludes halogenated alkanes) is 26. The quantitative estimate of drug-likeness (QED) is 0.0558. The van der Waals surface area contributed by atoms with Gasteiger partial charge in [0.1, 0.15) is 11.5 Å². The molecule has 0 aliphatic rings. The maximum absolute atomic E-state index is 6.58. The van der Waals surface area contributed by atoms with E-state index in [4.69, 9.17) is 4.74 Å². The fourth-order valence-electron chi connectivity index (χ4n) is 6.76. The first-order valence-corrected chi connectivity index (χ1v) is 20.2. The smallest absolute Gasteiger partial charge is 1.00 e. The van der Waals surface area contributed by atoms with E-state index in [1.807, 2.05) is 0 Å². The van der Waals surface area contributed by atoms with Gasteiger partial charge in [-0.3, -0.25) is 0 Å². The maximum Gasteiger partial charge on any atom is 1.00 e. The number of benzene rings is 2. The van der Waals surface area contributed by atoms with Crippen LogP contribution in [0.15, 0.2) is 48.5 Å². The number of hydrogen-bond donors (Lipinski definition) is 0. The van der Waals surface area contributed by atoms with Crippen molar-refractivity contribution in [1.82, 2.24) is 0 Å². The van der Waals surface area contributed by atoms with Gasteiger partial charge in [-0.25, -0.2) is 0 Å². The topological polar surface area (TPSA) is 9.23 Å². The molecule has 0 N–H and O–H groups in total. The van der Waals surface area contributed by atoms with Crippen LogP contribution in [0, 0.1) is 0 Å². The Kier molecular flexibility index (Phi) is 36.2. The first-order valence-electron chi connectivity index (χ1n) is 20.2. The second-order valence-electron chi connectivity index (χ2n) is 14.0. The molecule has 47 heavy (non-hydrogen) atoms. The second kappa shape index (κ2) is 36.0. The summed E-state index contributed by atoms with van der Waals surface area (Å²) in [7, 11) is 0. The average Bonchev–Trinajstić information content (AvgIpc) is 3.06. The van der Waals surface area contributed by atoms with Gasteiger partial charge in [0.2, 0.25) is 0 Å². The van der Waals surface area contributed by atoms with Gasteiger partial charge in [-0.1, -0.05) is 217 Å². The average molecular weight is 667 g/mol. The molecular weight excluding hydrogens is 590 g/mol. The number of aryl methyl sites for hydroxylation is 2. The van der Waals surface area contributed by atoms with Crippen molar-refractivity contribution in [3.8, 4) is 11.5 Å². The van der Waals surface area contributed by atoms with Gasteiger partial charge < -0.3 is 7.59 Å². The van der Waals surface area contributed by atoms with Crippen molar-refractivity contribution in [3.05, 3.63) is 59.7 Å². The van der Waals surface area contributed by atoms with E-state index in [2.05, 4.69) is 62.4 Å². The minimum absolute atomic E-state index is 0. The molecule has 0 aromatic heterocycles. The van der Waals surface area contributed by atoms with E-state index in [9.17, 15) is 0 Å². The Morgan fingerprint density at radius 3 is 0.851 bits per heavy atom. The van der Waals surface area contributed by atoms with Crippen LogP contribution in [0.25, 0.3) is 0 Å². The van der Waals surface area contributed by atoms with Crippen LogP contribution in [-0.4, -0.2) is 0 Å². The van der Waals surface area contributed by atoms with Crippen LogP contribution in [0.3, 0.4) is 0 Å². The zero-order valence-electron chi connectivity index (χ0n) is 34.2. The fourth-order valence-corrected chi connectivity index (χ4v) is 6.76. The normalized spacial score (nSPS) is 10.9. The monoisotopic (exact) mass is 667 g/mol. The van der Waals surface area contributed by atoms with Crippen LogP contribution >= 0.6 is 0 Å². The predicted molar refractivity (Wildman–Crippen MR) is 203 cm³/mol. The Morgan fingerprint density at radius 1 is 0.340 bits per heavy atom. The van der Waals surface area contributed by atoms with Gasteiger partial charge in [-0.2, -0.15) is 0 Å². The van der Waals surface area contributed by atoms with Gasteiger partial charge >= 0.3 is 59.1 Å². The Labute approximate surface area is 341 Å². The minimum atomic E-state index is 0. The minimum Gasteiger partial charge on any atom is -1.00 e. The molecule has 0 bridgehead atoms. The zero-order valence-corrected chi connectivity index (χ0v) is 36.2. The Hall–Kier alpha value is 0.240. The first kappa shape index (κ1) is 47.2. The Morgan fingerprint density at radius 2 is 0.574 bits per heavy atom. The van der Waals surface area contributed by atoms with Crippen LogP contribution in [0.4, 0.5) is 0 Å². The molecule has 3 heteroatoms. The Bertz CT molecular complexity index is 852. The molecule has 0 aliphatic heterocycles. The van der Waals surface area contributed by atoms with Crippen molar-refractivity contribution < 1.29 is 66.7 Å². The molecule has 0 unspecified atom stereocenters. The van der Waals surface area contributed by atoms with E-state index < -0.39 is 0 Å². The van der Waals surface area contributed by atoms with Crippen LogP contribution < -0.4 is 63.9 Å². The van der Waals surface area contributed by atoms with Crippen molar-refractivity contribution in [2.45, 2.75) is 206 Å². The van der Waals surface area contributed by atoms with E-state index in [1.54, 1.807) is 0 Å². The second-order valence-corrected chi connectivity index (χ2v) is 14.0. The fraction of sp³-hybridized carbons (Fsp3) is 0.727. The summed E-state index contributed by atoms with van der Waals surface area (Å²) < 4.78 is 6.58. The third-order valence-corrected chi connectivity index (χ3v) is 9.76. The van der Waals surface area contributed by atoms with Gasteiger partial charge in [-0.05, 0) is 48.9 Å². The van der Waals surface area contributed by atoms with Gasteiger partial charge in [0, 0.05) is 0 Å². The molecule has 0 spiro atoms. The van der Waals surface area contributed by atoms with E-state index >= 15 is 0 Å². The maximum atomic E-state index is 6.58. The summed E-state index contributed by atoms with van der Waals surface area (Å²) in [6, 6.07) is 17.5.